The van der Waals surface area contributed by atoms with Crippen LogP contribution in [0.25, 0.3) is 0 Å². The summed E-state index contributed by atoms with van der Waals surface area (Å²) in [5, 5.41) is 3.67. The molecule has 2 heteroatoms. The summed E-state index contributed by atoms with van der Waals surface area (Å²) in [7, 11) is 0. The van der Waals surface area contributed by atoms with Crippen molar-refractivity contribution in [3.8, 4) is 0 Å². The highest BCUT2D eigenvalue weighted by Gasteiger charge is 2.40. The van der Waals surface area contributed by atoms with Crippen molar-refractivity contribution in [2.24, 2.45) is 0 Å². The Balaban J connectivity index is 1.92. The van der Waals surface area contributed by atoms with Gasteiger partial charge in [-0.05, 0) is 58.0 Å². The van der Waals surface area contributed by atoms with E-state index in [-0.39, 0.29) is 0 Å². The molecule has 2 fully saturated rings. The SMILES string of the molecule is CCC1CCN(C2(CC)CCC2)CCCN1. The topological polar surface area (TPSA) is 15.3 Å². The lowest BCUT2D eigenvalue weighted by molar-refractivity contribution is 0.00485. The third-order valence-corrected chi connectivity index (χ3v) is 4.89. The quantitative estimate of drug-likeness (QED) is 0.793. The van der Waals surface area contributed by atoms with Crippen molar-refractivity contribution >= 4 is 0 Å². The van der Waals surface area contributed by atoms with Crippen LogP contribution in [-0.2, 0) is 0 Å². The summed E-state index contributed by atoms with van der Waals surface area (Å²) in [6.45, 7) is 8.54. The maximum atomic E-state index is 3.67. The molecule has 0 spiro atoms. The Morgan fingerprint density at radius 3 is 2.56 bits per heavy atom. The molecule has 0 radical (unpaired) electrons. The second-order valence-electron chi connectivity index (χ2n) is 5.62. The molecule has 1 aliphatic carbocycles. The highest BCUT2D eigenvalue weighted by molar-refractivity contribution is 4.97. The zero-order valence-electron chi connectivity index (χ0n) is 11.1. The molecule has 1 N–H and O–H groups in total. The van der Waals surface area contributed by atoms with Gasteiger partial charge in [-0.25, -0.2) is 0 Å². The van der Waals surface area contributed by atoms with E-state index in [1.807, 2.05) is 0 Å². The molecule has 1 heterocycles. The Morgan fingerprint density at radius 2 is 2.00 bits per heavy atom. The van der Waals surface area contributed by atoms with Gasteiger partial charge in [0.15, 0.2) is 0 Å². The van der Waals surface area contributed by atoms with Gasteiger partial charge in [0.05, 0.1) is 0 Å². The molecule has 16 heavy (non-hydrogen) atoms. The van der Waals surface area contributed by atoms with E-state index in [1.165, 1.54) is 64.6 Å². The smallest absolute Gasteiger partial charge is 0.0207 e. The lowest BCUT2D eigenvalue weighted by Gasteiger charge is -2.51. The summed E-state index contributed by atoms with van der Waals surface area (Å²) in [4.78, 5) is 2.82. The largest absolute Gasteiger partial charge is 0.314 e. The zero-order chi connectivity index (χ0) is 11.4. The molecule has 2 nitrogen and oxygen atoms in total. The molecule has 1 atom stereocenters. The molecular weight excluding hydrogens is 196 g/mol. The first kappa shape index (κ1) is 12.4. The van der Waals surface area contributed by atoms with Crippen LogP contribution in [0.15, 0.2) is 0 Å². The van der Waals surface area contributed by atoms with E-state index < -0.39 is 0 Å². The van der Waals surface area contributed by atoms with Gasteiger partial charge in [0.1, 0.15) is 0 Å². The predicted octanol–water partition coefficient (Wildman–Crippen LogP) is 2.78. The Bertz CT molecular complexity index is 205. The van der Waals surface area contributed by atoms with Crippen LogP contribution >= 0.6 is 0 Å². The normalized spacial score (nSPS) is 31.5. The molecule has 1 unspecified atom stereocenters. The number of hydrogen-bond acceptors (Lipinski definition) is 2. The fourth-order valence-corrected chi connectivity index (χ4v) is 3.40. The van der Waals surface area contributed by atoms with Crippen LogP contribution in [0.5, 0.6) is 0 Å². The second-order valence-corrected chi connectivity index (χ2v) is 5.62. The summed E-state index contributed by atoms with van der Waals surface area (Å²) in [6, 6.07) is 0.761. The van der Waals surface area contributed by atoms with Crippen molar-refractivity contribution in [2.45, 2.75) is 70.4 Å². The molecular formula is C14H28N2. The average molecular weight is 224 g/mol. The highest BCUT2D eigenvalue weighted by atomic mass is 15.2. The minimum atomic E-state index is 0.607. The van der Waals surface area contributed by atoms with Gasteiger partial charge < -0.3 is 5.32 Å². The van der Waals surface area contributed by atoms with Gasteiger partial charge in [0, 0.05) is 18.1 Å². The lowest BCUT2D eigenvalue weighted by atomic mass is 9.73. The average Bonchev–Trinajstić information content (AvgIpc) is 2.20. The Hall–Kier alpha value is -0.0800. The summed E-state index contributed by atoms with van der Waals surface area (Å²) in [5.41, 5.74) is 0.607. The van der Waals surface area contributed by atoms with Crippen LogP contribution in [0, 0.1) is 0 Å². The van der Waals surface area contributed by atoms with Crippen molar-refractivity contribution in [1.82, 2.24) is 10.2 Å². The van der Waals surface area contributed by atoms with Gasteiger partial charge in [-0.3, -0.25) is 4.90 Å². The summed E-state index contributed by atoms with van der Waals surface area (Å²) in [6.07, 6.45) is 9.68. The highest BCUT2D eigenvalue weighted by Crippen LogP contribution is 2.40. The minimum Gasteiger partial charge on any atom is -0.314 e. The Kier molecular flexibility index (Phi) is 4.26. The van der Waals surface area contributed by atoms with E-state index in [0.29, 0.717) is 5.54 Å². The minimum absolute atomic E-state index is 0.607. The fraction of sp³-hybridized carbons (Fsp3) is 1.00. The Labute approximate surface area is 101 Å². The second kappa shape index (κ2) is 5.50. The molecule has 1 saturated heterocycles. The maximum absolute atomic E-state index is 3.67. The molecule has 0 bridgehead atoms. The van der Waals surface area contributed by atoms with Crippen molar-refractivity contribution < 1.29 is 0 Å². The van der Waals surface area contributed by atoms with Gasteiger partial charge in [0.25, 0.3) is 0 Å². The predicted molar refractivity (Wildman–Crippen MR) is 69.8 cm³/mol. The summed E-state index contributed by atoms with van der Waals surface area (Å²) < 4.78 is 0. The van der Waals surface area contributed by atoms with Crippen molar-refractivity contribution in [3.05, 3.63) is 0 Å². The summed E-state index contributed by atoms with van der Waals surface area (Å²) >= 11 is 0. The molecule has 1 saturated carbocycles. The van der Waals surface area contributed by atoms with Crippen LogP contribution in [0.1, 0.15) is 58.8 Å². The molecule has 0 aromatic carbocycles. The van der Waals surface area contributed by atoms with E-state index in [4.69, 9.17) is 0 Å². The third-order valence-electron chi connectivity index (χ3n) is 4.89. The molecule has 94 valence electrons. The lowest BCUT2D eigenvalue weighted by Crippen LogP contribution is -2.55. The van der Waals surface area contributed by atoms with Gasteiger partial charge in [-0.15, -0.1) is 0 Å². The fourth-order valence-electron chi connectivity index (χ4n) is 3.40. The maximum Gasteiger partial charge on any atom is 0.0207 e. The molecule has 0 amide bonds. The van der Waals surface area contributed by atoms with Crippen LogP contribution in [0.2, 0.25) is 0 Å². The number of nitrogens with one attached hydrogen (secondary N) is 1. The molecule has 0 aromatic rings. The van der Waals surface area contributed by atoms with Crippen molar-refractivity contribution in [1.29, 1.82) is 0 Å². The van der Waals surface area contributed by atoms with E-state index in [1.54, 1.807) is 0 Å². The summed E-state index contributed by atoms with van der Waals surface area (Å²) in [5.74, 6) is 0. The Morgan fingerprint density at radius 1 is 1.19 bits per heavy atom. The van der Waals surface area contributed by atoms with Gasteiger partial charge in [-0.2, -0.15) is 0 Å². The molecule has 1 aliphatic heterocycles. The molecule has 2 rings (SSSR count). The third kappa shape index (κ3) is 2.43. The number of hydrogen-bond donors (Lipinski definition) is 1. The zero-order valence-corrected chi connectivity index (χ0v) is 11.1. The van der Waals surface area contributed by atoms with Gasteiger partial charge in [-0.1, -0.05) is 13.8 Å². The first-order valence-electron chi connectivity index (χ1n) is 7.29. The van der Waals surface area contributed by atoms with Gasteiger partial charge in [0.2, 0.25) is 0 Å². The first-order chi connectivity index (χ1) is 7.80. The van der Waals surface area contributed by atoms with Crippen LogP contribution in [-0.4, -0.2) is 36.1 Å². The molecule has 2 aliphatic rings. The van der Waals surface area contributed by atoms with Crippen LogP contribution in [0.4, 0.5) is 0 Å². The van der Waals surface area contributed by atoms with Crippen LogP contribution in [0.3, 0.4) is 0 Å². The first-order valence-corrected chi connectivity index (χ1v) is 7.29. The van der Waals surface area contributed by atoms with Gasteiger partial charge >= 0.3 is 0 Å². The van der Waals surface area contributed by atoms with E-state index in [9.17, 15) is 0 Å². The van der Waals surface area contributed by atoms with E-state index >= 15 is 0 Å². The number of nitrogens with zero attached hydrogens (tertiary/aromatic N) is 1. The van der Waals surface area contributed by atoms with Crippen LogP contribution < -0.4 is 5.32 Å². The monoisotopic (exact) mass is 224 g/mol. The van der Waals surface area contributed by atoms with Crippen molar-refractivity contribution in [3.63, 3.8) is 0 Å². The number of rotatable bonds is 3. The standard InChI is InChI=1S/C14H28N2/c1-3-13-7-12-16(11-6-10-15-13)14(4-2)8-5-9-14/h13,15H,3-12H2,1-2H3. The van der Waals surface area contributed by atoms with E-state index in [2.05, 4.69) is 24.1 Å². The van der Waals surface area contributed by atoms with Crippen molar-refractivity contribution in [2.75, 3.05) is 19.6 Å². The molecule has 0 aromatic heterocycles. The van der Waals surface area contributed by atoms with E-state index in [0.717, 1.165) is 6.04 Å².